The first-order chi connectivity index (χ1) is 7.50. The first-order valence-electron chi connectivity index (χ1n) is 6.29. The van der Waals surface area contributed by atoms with Gasteiger partial charge in [0.25, 0.3) is 0 Å². The Balaban J connectivity index is 2.19. The van der Waals surface area contributed by atoms with Crippen LogP contribution in [0.4, 0.5) is 0 Å². The number of amides is 1. The van der Waals surface area contributed by atoms with Crippen LogP contribution in [0, 0.1) is 5.92 Å². The second-order valence-corrected chi connectivity index (χ2v) is 5.43. The van der Waals surface area contributed by atoms with Crippen molar-refractivity contribution in [1.29, 1.82) is 0 Å². The van der Waals surface area contributed by atoms with Gasteiger partial charge in [0.2, 0.25) is 5.91 Å². The molecule has 0 aromatic heterocycles. The van der Waals surface area contributed by atoms with E-state index in [0.29, 0.717) is 18.0 Å². The molecular weight excluding hydrogens is 200 g/mol. The molecule has 90 valence electrons. The molecule has 0 aliphatic carbocycles. The Morgan fingerprint density at radius 2 is 2.12 bits per heavy atom. The molecule has 0 spiro atoms. The van der Waals surface area contributed by atoms with Gasteiger partial charge in [-0.2, -0.15) is 0 Å². The van der Waals surface area contributed by atoms with Crippen molar-refractivity contribution in [2.45, 2.75) is 58.2 Å². The van der Waals surface area contributed by atoms with E-state index >= 15 is 0 Å². The molecule has 3 heteroatoms. The first-order valence-corrected chi connectivity index (χ1v) is 6.29. The molecule has 2 unspecified atom stereocenters. The smallest absolute Gasteiger partial charge is 0.239 e. The molecular formula is C13H22N2O. The third-order valence-electron chi connectivity index (χ3n) is 3.81. The molecule has 2 aliphatic rings. The van der Waals surface area contributed by atoms with Crippen molar-refractivity contribution >= 4 is 5.91 Å². The maximum absolute atomic E-state index is 12.0. The van der Waals surface area contributed by atoms with Crippen molar-refractivity contribution in [3.05, 3.63) is 11.6 Å². The number of carbonyl (C=O) groups excluding carboxylic acids is 1. The van der Waals surface area contributed by atoms with Gasteiger partial charge in [-0.1, -0.05) is 25.5 Å². The number of nitrogens with two attached hydrogens (primary N) is 1. The Kier molecular flexibility index (Phi) is 3.06. The lowest BCUT2D eigenvalue weighted by Gasteiger charge is -2.36. The van der Waals surface area contributed by atoms with E-state index < -0.39 is 0 Å². The SMILES string of the molecule is CC(C)C1=CC2CCC(C1)N2C(=O)[C@H](C)N. The average molecular weight is 222 g/mol. The Hall–Kier alpha value is -0.830. The van der Waals surface area contributed by atoms with Crippen molar-refractivity contribution in [2.24, 2.45) is 11.7 Å². The maximum Gasteiger partial charge on any atom is 0.239 e. The van der Waals surface area contributed by atoms with Gasteiger partial charge in [0.1, 0.15) is 0 Å². The van der Waals surface area contributed by atoms with Gasteiger partial charge in [-0.05, 0) is 32.1 Å². The molecule has 3 nitrogen and oxygen atoms in total. The highest BCUT2D eigenvalue weighted by atomic mass is 16.2. The van der Waals surface area contributed by atoms with Crippen LogP contribution >= 0.6 is 0 Å². The Morgan fingerprint density at radius 3 is 2.62 bits per heavy atom. The van der Waals surface area contributed by atoms with Gasteiger partial charge in [0, 0.05) is 6.04 Å². The summed E-state index contributed by atoms with van der Waals surface area (Å²) in [5.74, 6) is 0.724. The van der Waals surface area contributed by atoms with Crippen molar-refractivity contribution in [2.75, 3.05) is 0 Å². The number of fused-ring (bicyclic) bond motifs is 2. The van der Waals surface area contributed by atoms with Crippen LogP contribution in [0.3, 0.4) is 0 Å². The molecule has 0 aromatic rings. The standard InChI is InChI=1S/C13H22N2O/c1-8(2)10-6-11-4-5-12(7-10)15(11)13(16)9(3)14/h6,8-9,11-12H,4-5,7,14H2,1-3H3/t9-,11?,12?/m0/s1. The summed E-state index contributed by atoms with van der Waals surface area (Å²) in [6.07, 6.45) is 5.59. The summed E-state index contributed by atoms with van der Waals surface area (Å²) < 4.78 is 0. The van der Waals surface area contributed by atoms with Crippen molar-refractivity contribution in [3.63, 3.8) is 0 Å². The molecule has 0 saturated carbocycles. The topological polar surface area (TPSA) is 46.3 Å². The zero-order chi connectivity index (χ0) is 11.9. The molecule has 2 N–H and O–H groups in total. The molecule has 2 heterocycles. The van der Waals surface area contributed by atoms with E-state index in [2.05, 4.69) is 19.9 Å². The Morgan fingerprint density at radius 1 is 1.44 bits per heavy atom. The Bertz CT molecular complexity index is 320. The molecule has 2 rings (SSSR count). The molecule has 3 atom stereocenters. The van der Waals surface area contributed by atoms with Crippen LogP contribution in [0.2, 0.25) is 0 Å². The van der Waals surface area contributed by atoms with Crippen molar-refractivity contribution in [3.8, 4) is 0 Å². The minimum Gasteiger partial charge on any atom is -0.332 e. The molecule has 2 aliphatic heterocycles. The van der Waals surface area contributed by atoms with Gasteiger partial charge < -0.3 is 10.6 Å². The number of nitrogens with zero attached hydrogens (tertiary/aromatic N) is 1. The normalized spacial score (nSPS) is 30.6. The summed E-state index contributed by atoms with van der Waals surface area (Å²) >= 11 is 0. The van der Waals surface area contributed by atoms with Gasteiger partial charge in [-0.25, -0.2) is 0 Å². The average Bonchev–Trinajstić information content (AvgIpc) is 2.46. The third-order valence-corrected chi connectivity index (χ3v) is 3.81. The lowest BCUT2D eigenvalue weighted by atomic mass is 9.92. The summed E-state index contributed by atoms with van der Waals surface area (Å²) in [7, 11) is 0. The number of rotatable bonds is 2. The van der Waals surface area contributed by atoms with Gasteiger partial charge in [-0.3, -0.25) is 4.79 Å². The third kappa shape index (κ3) is 1.88. The number of hydrogen-bond donors (Lipinski definition) is 1. The highest BCUT2D eigenvalue weighted by Gasteiger charge is 2.40. The van der Waals surface area contributed by atoms with E-state index in [0.717, 1.165) is 19.3 Å². The molecule has 1 fully saturated rings. The number of carbonyl (C=O) groups is 1. The van der Waals surface area contributed by atoms with Crippen molar-refractivity contribution in [1.82, 2.24) is 4.90 Å². The molecule has 0 radical (unpaired) electrons. The van der Waals surface area contributed by atoms with E-state index in [1.54, 1.807) is 6.92 Å². The van der Waals surface area contributed by atoms with E-state index in [1.165, 1.54) is 5.57 Å². The van der Waals surface area contributed by atoms with Gasteiger partial charge >= 0.3 is 0 Å². The molecule has 16 heavy (non-hydrogen) atoms. The van der Waals surface area contributed by atoms with E-state index in [-0.39, 0.29) is 11.9 Å². The fourth-order valence-electron chi connectivity index (χ4n) is 2.87. The van der Waals surface area contributed by atoms with Gasteiger partial charge in [0.05, 0.1) is 12.1 Å². The minimum atomic E-state index is -0.364. The van der Waals surface area contributed by atoms with Crippen LogP contribution in [0.5, 0.6) is 0 Å². The van der Waals surface area contributed by atoms with Gasteiger partial charge in [-0.15, -0.1) is 0 Å². The second kappa shape index (κ2) is 4.21. The van der Waals surface area contributed by atoms with E-state index in [9.17, 15) is 4.79 Å². The predicted molar refractivity (Wildman–Crippen MR) is 64.8 cm³/mol. The predicted octanol–water partition coefficient (Wildman–Crippen LogP) is 1.68. The molecule has 2 bridgehead atoms. The monoisotopic (exact) mass is 222 g/mol. The molecule has 1 amide bonds. The minimum absolute atomic E-state index is 0.117. The summed E-state index contributed by atoms with van der Waals surface area (Å²) in [5, 5.41) is 0. The molecule has 1 saturated heterocycles. The zero-order valence-electron chi connectivity index (χ0n) is 10.4. The van der Waals surface area contributed by atoms with Crippen LogP contribution in [-0.2, 0) is 4.79 Å². The van der Waals surface area contributed by atoms with E-state index in [4.69, 9.17) is 5.73 Å². The van der Waals surface area contributed by atoms with Crippen LogP contribution in [0.15, 0.2) is 11.6 Å². The lowest BCUT2D eigenvalue weighted by molar-refractivity contribution is -0.134. The maximum atomic E-state index is 12.0. The van der Waals surface area contributed by atoms with Crippen LogP contribution in [0.1, 0.15) is 40.0 Å². The highest BCUT2D eigenvalue weighted by Crippen LogP contribution is 2.37. The van der Waals surface area contributed by atoms with E-state index in [1.807, 2.05) is 4.90 Å². The summed E-state index contributed by atoms with van der Waals surface area (Å²) in [6.45, 7) is 6.24. The highest BCUT2D eigenvalue weighted by molar-refractivity contribution is 5.82. The fourth-order valence-corrected chi connectivity index (χ4v) is 2.87. The number of hydrogen-bond acceptors (Lipinski definition) is 2. The summed E-state index contributed by atoms with van der Waals surface area (Å²) in [4.78, 5) is 14.0. The first kappa shape index (κ1) is 11.6. The van der Waals surface area contributed by atoms with Gasteiger partial charge in [0.15, 0.2) is 0 Å². The fraction of sp³-hybridized carbons (Fsp3) is 0.769. The summed E-state index contributed by atoms with van der Waals surface area (Å²) in [5.41, 5.74) is 7.22. The van der Waals surface area contributed by atoms with Crippen LogP contribution < -0.4 is 5.73 Å². The second-order valence-electron chi connectivity index (χ2n) is 5.43. The quantitative estimate of drug-likeness (QED) is 0.723. The lowest BCUT2D eigenvalue weighted by Crippen LogP contribution is -2.49. The zero-order valence-corrected chi connectivity index (χ0v) is 10.4. The van der Waals surface area contributed by atoms with Crippen molar-refractivity contribution < 1.29 is 4.79 Å². The van der Waals surface area contributed by atoms with Crippen LogP contribution in [0.25, 0.3) is 0 Å². The Labute approximate surface area is 97.7 Å². The summed E-state index contributed by atoms with van der Waals surface area (Å²) in [6, 6.07) is 0.359. The molecule has 0 aromatic carbocycles. The van der Waals surface area contributed by atoms with Crippen LogP contribution in [-0.4, -0.2) is 28.9 Å². The largest absolute Gasteiger partial charge is 0.332 e.